The lowest BCUT2D eigenvalue weighted by Crippen LogP contribution is -2.39. The second kappa shape index (κ2) is 7.25. The molecule has 0 amide bonds. The molecule has 2 atom stereocenters. The monoisotopic (exact) mass is 400 g/mol. The van der Waals surface area contributed by atoms with E-state index in [-0.39, 0.29) is 11.8 Å². The van der Waals surface area contributed by atoms with Crippen molar-refractivity contribution in [2.24, 2.45) is 0 Å². The molecule has 1 aliphatic rings. The molecule has 4 rings (SSSR count). The molecule has 3 aromatic rings. The number of hydrogen-bond acceptors (Lipinski definition) is 6. The molecule has 0 radical (unpaired) electrons. The van der Waals surface area contributed by atoms with E-state index in [1.54, 1.807) is 31.4 Å². The molecule has 1 aliphatic heterocycles. The van der Waals surface area contributed by atoms with Gasteiger partial charge < -0.3 is 10.2 Å². The fourth-order valence-corrected chi connectivity index (χ4v) is 4.33. The van der Waals surface area contributed by atoms with Crippen molar-refractivity contribution < 1.29 is 9.53 Å². The third-order valence-electron chi connectivity index (χ3n) is 4.46. The van der Waals surface area contributed by atoms with Crippen LogP contribution in [0.25, 0.3) is 0 Å². The number of aromatic nitrogens is 3. The first-order valence-corrected chi connectivity index (χ1v) is 9.61. The number of fused-ring (bicyclic) bond motifs is 1. The van der Waals surface area contributed by atoms with Gasteiger partial charge in [-0.2, -0.15) is 0 Å². The van der Waals surface area contributed by atoms with Crippen molar-refractivity contribution >= 4 is 29.1 Å². The summed E-state index contributed by atoms with van der Waals surface area (Å²) >= 11 is 7.37. The van der Waals surface area contributed by atoms with E-state index in [4.69, 9.17) is 16.3 Å². The molecule has 0 fully saturated rings. The maximum absolute atomic E-state index is 13.2. The molecule has 2 heterocycles. The van der Waals surface area contributed by atoms with Crippen LogP contribution in [0.15, 0.2) is 53.7 Å². The standard InChI is InChI=1S/C19H17ClN4O2S/c1-11-21-22-19-24(11)23-16(12-5-9-15(26-2)10-6-12)18(27-19)17(25)13-3-7-14(20)8-4-13/h3-10,16,18,23H,1-2H3/t16-,18-/m0/s1. The highest BCUT2D eigenvalue weighted by Gasteiger charge is 2.37. The lowest BCUT2D eigenvalue weighted by atomic mass is 9.97. The van der Waals surface area contributed by atoms with E-state index in [1.807, 2.05) is 35.9 Å². The summed E-state index contributed by atoms with van der Waals surface area (Å²) < 4.78 is 7.07. The summed E-state index contributed by atoms with van der Waals surface area (Å²) in [6.07, 6.45) is 0. The molecule has 27 heavy (non-hydrogen) atoms. The highest BCUT2D eigenvalue weighted by molar-refractivity contribution is 8.00. The molecule has 0 saturated heterocycles. The fourth-order valence-electron chi connectivity index (χ4n) is 3.00. The van der Waals surface area contributed by atoms with Gasteiger partial charge in [0.2, 0.25) is 5.16 Å². The van der Waals surface area contributed by atoms with E-state index in [2.05, 4.69) is 15.6 Å². The number of halogens is 1. The summed E-state index contributed by atoms with van der Waals surface area (Å²) in [6, 6.07) is 14.4. The first-order chi connectivity index (χ1) is 13.1. The quantitative estimate of drug-likeness (QED) is 0.670. The Bertz CT molecular complexity index is 972. The molecular weight excluding hydrogens is 384 g/mol. The maximum Gasteiger partial charge on any atom is 0.210 e. The van der Waals surface area contributed by atoms with Crippen molar-refractivity contribution in [2.75, 3.05) is 12.5 Å². The van der Waals surface area contributed by atoms with Gasteiger partial charge in [0.15, 0.2) is 5.78 Å². The number of nitrogens with one attached hydrogen (secondary N) is 1. The Morgan fingerprint density at radius 1 is 1.15 bits per heavy atom. The van der Waals surface area contributed by atoms with E-state index >= 15 is 0 Å². The van der Waals surface area contributed by atoms with Crippen LogP contribution in [-0.4, -0.2) is 33.0 Å². The van der Waals surface area contributed by atoms with Gasteiger partial charge in [0, 0.05) is 10.6 Å². The number of ketones is 1. The number of carbonyl (C=O) groups is 1. The fraction of sp³-hybridized carbons (Fsp3) is 0.211. The number of ether oxygens (including phenoxy) is 1. The number of rotatable bonds is 4. The lowest BCUT2D eigenvalue weighted by molar-refractivity contribution is 0.0980. The third-order valence-corrected chi connectivity index (χ3v) is 5.93. The maximum atomic E-state index is 13.2. The zero-order valence-electron chi connectivity index (χ0n) is 14.7. The second-order valence-corrected chi connectivity index (χ2v) is 7.70. The van der Waals surface area contributed by atoms with Crippen molar-refractivity contribution in [3.8, 4) is 5.75 Å². The lowest BCUT2D eigenvalue weighted by Gasteiger charge is -2.32. The summed E-state index contributed by atoms with van der Waals surface area (Å²) in [5.74, 6) is 1.52. The minimum atomic E-state index is -0.393. The number of carbonyl (C=O) groups excluding carboxylic acids is 1. The van der Waals surface area contributed by atoms with Gasteiger partial charge >= 0.3 is 0 Å². The van der Waals surface area contributed by atoms with Crippen molar-refractivity contribution in [2.45, 2.75) is 23.4 Å². The van der Waals surface area contributed by atoms with E-state index in [0.29, 0.717) is 15.7 Å². The van der Waals surface area contributed by atoms with Crippen molar-refractivity contribution in [1.82, 2.24) is 14.9 Å². The summed E-state index contributed by atoms with van der Waals surface area (Å²) in [6.45, 7) is 1.87. The number of nitrogens with zero attached hydrogens (tertiary/aromatic N) is 3. The normalized spacial score (nSPS) is 18.5. The van der Waals surface area contributed by atoms with E-state index in [9.17, 15) is 4.79 Å². The number of methoxy groups -OCH3 is 1. The molecule has 138 valence electrons. The summed E-state index contributed by atoms with van der Waals surface area (Å²) in [4.78, 5) is 13.2. The molecule has 1 N–H and O–H groups in total. The molecule has 2 aromatic carbocycles. The number of aryl methyl sites for hydroxylation is 1. The molecule has 1 aromatic heterocycles. The van der Waals surface area contributed by atoms with Crippen LogP contribution < -0.4 is 10.2 Å². The minimum Gasteiger partial charge on any atom is -0.497 e. The summed E-state index contributed by atoms with van der Waals surface area (Å²) in [5, 5.41) is 9.16. The highest BCUT2D eigenvalue weighted by atomic mass is 35.5. The molecule has 6 nitrogen and oxygen atoms in total. The van der Waals surface area contributed by atoms with Crippen LogP contribution in [0, 0.1) is 6.92 Å². The highest BCUT2D eigenvalue weighted by Crippen LogP contribution is 2.39. The van der Waals surface area contributed by atoms with Crippen LogP contribution in [-0.2, 0) is 0 Å². The summed E-state index contributed by atoms with van der Waals surface area (Å²) in [5.41, 5.74) is 4.99. The average molecular weight is 401 g/mol. The number of thioether (sulfide) groups is 1. The summed E-state index contributed by atoms with van der Waals surface area (Å²) in [7, 11) is 1.63. The van der Waals surface area contributed by atoms with Crippen LogP contribution in [0.2, 0.25) is 5.02 Å². The largest absolute Gasteiger partial charge is 0.497 e. The molecule has 8 heteroatoms. The average Bonchev–Trinajstić information content (AvgIpc) is 3.07. The second-order valence-electron chi connectivity index (χ2n) is 6.15. The Hall–Kier alpha value is -2.51. The molecule has 0 unspecified atom stereocenters. The number of benzene rings is 2. The van der Waals surface area contributed by atoms with Crippen molar-refractivity contribution in [3.05, 3.63) is 70.5 Å². The van der Waals surface area contributed by atoms with Gasteiger partial charge in [0.05, 0.1) is 13.2 Å². The Kier molecular flexibility index (Phi) is 4.80. The molecule has 0 spiro atoms. The van der Waals surface area contributed by atoms with Crippen LogP contribution in [0.1, 0.15) is 27.8 Å². The number of Topliss-reactive ketones (excluding diaryl/α,β-unsaturated/α-hetero) is 1. The molecule has 0 aliphatic carbocycles. The zero-order valence-corrected chi connectivity index (χ0v) is 16.3. The van der Waals surface area contributed by atoms with Gasteiger partial charge in [-0.25, -0.2) is 4.68 Å². The Morgan fingerprint density at radius 2 is 1.85 bits per heavy atom. The van der Waals surface area contributed by atoms with Crippen LogP contribution in [0.3, 0.4) is 0 Å². The van der Waals surface area contributed by atoms with Gasteiger partial charge in [-0.05, 0) is 48.9 Å². The van der Waals surface area contributed by atoms with Crippen molar-refractivity contribution in [3.63, 3.8) is 0 Å². The smallest absolute Gasteiger partial charge is 0.210 e. The van der Waals surface area contributed by atoms with Gasteiger partial charge in [-0.1, -0.05) is 35.5 Å². The predicted octanol–water partition coefficient (Wildman–Crippen LogP) is 3.89. The van der Waals surface area contributed by atoms with E-state index < -0.39 is 5.25 Å². The van der Waals surface area contributed by atoms with E-state index in [1.165, 1.54) is 11.8 Å². The SMILES string of the molecule is COc1ccc([C@@H]2Nn3c(C)nnc3S[C@@H]2C(=O)c2ccc(Cl)cc2)cc1. The Balaban J connectivity index is 1.73. The Morgan fingerprint density at radius 3 is 2.52 bits per heavy atom. The van der Waals surface area contributed by atoms with Gasteiger partial charge in [0.1, 0.15) is 16.8 Å². The first kappa shape index (κ1) is 17.9. The van der Waals surface area contributed by atoms with Gasteiger partial charge in [0.25, 0.3) is 0 Å². The van der Waals surface area contributed by atoms with Crippen LogP contribution in [0.4, 0.5) is 0 Å². The Labute approximate surface area is 165 Å². The van der Waals surface area contributed by atoms with Gasteiger partial charge in [-0.15, -0.1) is 10.2 Å². The predicted molar refractivity (Wildman–Crippen MR) is 105 cm³/mol. The third kappa shape index (κ3) is 3.40. The molecular formula is C19H17ClN4O2S. The topological polar surface area (TPSA) is 69.0 Å². The van der Waals surface area contributed by atoms with Crippen molar-refractivity contribution in [1.29, 1.82) is 0 Å². The van der Waals surface area contributed by atoms with Crippen LogP contribution in [0.5, 0.6) is 5.75 Å². The zero-order chi connectivity index (χ0) is 19.0. The number of hydrogen-bond donors (Lipinski definition) is 1. The van der Waals surface area contributed by atoms with Gasteiger partial charge in [-0.3, -0.25) is 4.79 Å². The van der Waals surface area contributed by atoms with Crippen LogP contribution >= 0.6 is 23.4 Å². The molecule has 0 bridgehead atoms. The van der Waals surface area contributed by atoms with E-state index in [0.717, 1.165) is 17.1 Å². The minimum absolute atomic E-state index is 0.0110. The molecule has 0 saturated carbocycles. The first-order valence-electron chi connectivity index (χ1n) is 8.36.